The van der Waals surface area contributed by atoms with Crippen LogP contribution in [0.1, 0.15) is 41.6 Å². The van der Waals surface area contributed by atoms with Crippen molar-refractivity contribution in [3.8, 4) is 5.95 Å². The van der Waals surface area contributed by atoms with Crippen LogP contribution in [0.2, 0.25) is 0 Å². The highest BCUT2D eigenvalue weighted by Gasteiger charge is 2.22. The second-order valence-corrected chi connectivity index (χ2v) is 7.92. The van der Waals surface area contributed by atoms with Gasteiger partial charge in [-0.1, -0.05) is 0 Å². The average Bonchev–Trinajstić information content (AvgIpc) is 3.11. The fourth-order valence-electron chi connectivity index (χ4n) is 3.44. The van der Waals surface area contributed by atoms with E-state index in [-0.39, 0.29) is 0 Å². The standard InChI is InChI=1S/C18H23N5OS/c1-10-8-11(2)23(22-10)18-20-16(19-9-12(3)24)15-13-6-4-5-7-14(13)25-17(15)21-18/h8,12,24H,4-7,9H2,1-3H3,(H,19,20,21)/t12-/m1/s1. The van der Waals surface area contributed by atoms with Crippen molar-refractivity contribution in [2.75, 3.05) is 11.9 Å². The van der Waals surface area contributed by atoms with Crippen molar-refractivity contribution in [2.24, 2.45) is 0 Å². The minimum Gasteiger partial charge on any atom is -0.392 e. The predicted molar refractivity (Wildman–Crippen MR) is 101 cm³/mol. The Morgan fingerprint density at radius 2 is 2.08 bits per heavy atom. The Labute approximate surface area is 150 Å². The molecule has 132 valence electrons. The molecule has 2 N–H and O–H groups in total. The number of aliphatic hydroxyl groups is 1. The van der Waals surface area contributed by atoms with Crippen molar-refractivity contribution in [3.63, 3.8) is 0 Å². The van der Waals surface area contributed by atoms with E-state index < -0.39 is 6.10 Å². The van der Waals surface area contributed by atoms with Crippen LogP contribution in [0.3, 0.4) is 0 Å². The zero-order chi connectivity index (χ0) is 17.6. The number of aromatic nitrogens is 4. The van der Waals surface area contributed by atoms with E-state index in [9.17, 15) is 5.11 Å². The Kier molecular flexibility index (Phi) is 4.21. The zero-order valence-electron chi connectivity index (χ0n) is 14.8. The van der Waals surface area contributed by atoms with Crippen molar-refractivity contribution in [2.45, 2.75) is 52.6 Å². The number of rotatable bonds is 4. The molecule has 1 aliphatic rings. The molecular formula is C18H23N5OS. The zero-order valence-corrected chi connectivity index (χ0v) is 15.7. The number of hydrogen-bond donors (Lipinski definition) is 2. The largest absolute Gasteiger partial charge is 0.392 e. The molecule has 0 aromatic carbocycles. The minimum atomic E-state index is -0.434. The van der Waals surface area contributed by atoms with Crippen LogP contribution in [-0.2, 0) is 12.8 Å². The van der Waals surface area contributed by atoms with Crippen LogP contribution in [-0.4, -0.2) is 37.5 Å². The van der Waals surface area contributed by atoms with Crippen LogP contribution >= 0.6 is 11.3 Å². The van der Waals surface area contributed by atoms with Gasteiger partial charge in [-0.3, -0.25) is 0 Å². The summed E-state index contributed by atoms with van der Waals surface area (Å²) in [7, 11) is 0. The average molecular weight is 357 g/mol. The maximum atomic E-state index is 9.69. The molecule has 3 aromatic heterocycles. The van der Waals surface area contributed by atoms with E-state index in [4.69, 9.17) is 9.97 Å². The molecule has 0 spiro atoms. The molecule has 6 nitrogen and oxygen atoms in total. The van der Waals surface area contributed by atoms with Crippen LogP contribution in [0.15, 0.2) is 6.07 Å². The van der Waals surface area contributed by atoms with Gasteiger partial charge in [-0.25, -0.2) is 4.68 Å². The molecule has 0 saturated heterocycles. The Morgan fingerprint density at radius 1 is 1.28 bits per heavy atom. The minimum absolute atomic E-state index is 0.434. The first-order valence-electron chi connectivity index (χ1n) is 8.81. The fourth-order valence-corrected chi connectivity index (χ4v) is 4.70. The van der Waals surface area contributed by atoms with Crippen LogP contribution in [0.5, 0.6) is 0 Å². The molecule has 0 unspecified atom stereocenters. The molecule has 1 atom stereocenters. The Bertz CT molecular complexity index is 927. The van der Waals surface area contributed by atoms with Gasteiger partial charge in [-0.2, -0.15) is 15.1 Å². The van der Waals surface area contributed by atoms with Crippen LogP contribution in [0, 0.1) is 13.8 Å². The van der Waals surface area contributed by atoms with Crippen LogP contribution < -0.4 is 5.32 Å². The normalized spacial score (nSPS) is 15.4. The summed E-state index contributed by atoms with van der Waals surface area (Å²) >= 11 is 1.77. The van der Waals surface area contributed by atoms with E-state index in [2.05, 4.69) is 10.4 Å². The first kappa shape index (κ1) is 16.5. The monoisotopic (exact) mass is 357 g/mol. The topological polar surface area (TPSA) is 75.9 Å². The quantitative estimate of drug-likeness (QED) is 0.750. The molecule has 0 amide bonds. The highest BCUT2D eigenvalue weighted by Crippen LogP contribution is 2.39. The van der Waals surface area contributed by atoms with Gasteiger partial charge < -0.3 is 10.4 Å². The number of nitrogens with one attached hydrogen (secondary N) is 1. The Morgan fingerprint density at radius 3 is 2.80 bits per heavy atom. The summed E-state index contributed by atoms with van der Waals surface area (Å²) in [6.45, 7) is 6.22. The third kappa shape index (κ3) is 3.02. The molecule has 0 radical (unpaired) electrons. The summed E-state index contributed by atoms with van der Waals surface area (Å²) in [6.07, 6.45) is 4.24. The number of fused-ring (bicyclic) bond motifs is 3. The molecule has 3 heterocycles. The number of aliphatic hydroxyl groups excluding tert-OH is 1. The third-order valence-electron chi connectivity index (χ3n) is 4.57. The lowest BCUT2D eigenvalue weighted by molar-refractivity contribution is 0.208. The van der Waals surface area contributed by atoms with Crippen molar-refractivity contribution < 1.29 is 5.11 Å². The van der Waals surface area contributed by atoms with Gasteiger partial charge in [0.25, 0.3) is 5.95 Å². The maximum absolute atomic E-state index is 9.69. The molecule has 4 rings (SSSR count). The summed E-state index contributed by atoms with van der Waals surface area (Å²) < 4.78 is 1.79. The maximum Gasteiger partial charge on any atom is 0.254 e. The van der Waals surface area contributed by atoms with Gasteiger partial charge >= 0.3 is 0 Å². The van der Waals surface area contributed by atoms with Gasteiger partial charge in [-0.05, 0) is 58.1 Å². The molecule has 0 saturated carbocycles. The highest BCUT2D eigenvalue weighted by atomic mass is 32.1. The smallest absolute Gasteiger partial charge is 0.254 e. The van der Waals surface area contributed by atoms with E-state index in [1.165, 1.54) is 23.3 Å². The van der Waals surface area contributed by atoms with Crippen molar-refractivity contribution in [3.05, 3.63) is 27.9 Å². The number of hydrogen-bond acceptors (Lipinski definition) is 6. The first-order valence-corrected chi connectivity index (χ1v) is 9.62. The number of nitrogens with zero attached hydrogens (tertiary/aromatic N) is 4. The Hall–Kier alpha value is -1.99. The van der Waals surface area contributed by atoms with E-state index >= 15 is 0 Å². The molecule has 0 aliphatic heterocycles. The third-order valence-corrected chi connectivity index (χ3v) is 5.75. The van der Waals surface area contributed by atoms with Gasteiger partial charge in [0.2, 0.25) is 0 Å². The second kappa shape index (κ2) is 6.38. The van der Waals surface area contributed by atoms with E-state index in [0.717, 1.165) is 40.3 Å². The summed E-state index contributed by atoms with van der Waals surface area (Å²) in [5, 5.41) is 18.7. The van der Waals surface area contributed by atoms with E-state index in [1.807, 2.05) is 19.9 Å². The highest BCUT2D eigenvalue weighted by molar-refractivity contribution is 7.19. The van der Waals surface area contributed by atoms with Crippen LogP contribution in [0.25, 0.3) is 16.2 Å². The number of anilines is 1. The number of thiophene rings is 1. The molecule has 3 aromatic rings. The lowest BCUT2D eigenvalue weighted by atomic mass is 9.97. The predicted octanol–water partition coefficient (Wildman–Crippen LogP) is 3.17. The van der Waals surface area contributed by atoms with E-state index in [0.29, 0.717) is 12.5 Å². The molecule has 1 aliphatic carbocycles. The van der Waals surface area contributed by atoms with Gasteiger partial charge in [0.05, 0.1) is 17.2 Å². The molecule has 25 heavy (non-hydrogen) atoms. The second-order valence-electron chi connectivity index (χ2n) is 6.83. The first-order chi connectivity index (χ1) is 12.0. The molecule has 0 bridgehead atoms. The van der Waals surface area contributed by atoms with Crippen molar-refractivity contribution in [1.29, 1.82) is 0 Å². The molecule has 7 heteroatoms. The van der Waals surface area contributed by atoms with Gasteiger partial charge in [0.1, 0.15) is 10.6 Å². The lowest BCUT2D eigenvalue weighted by Gasteiger charge is -2.14. The van der Waals surface area contributed by atoms with Crippen LogP contribution in [0.4, 0.5) is 5.82 Å². The summed E-state index contributed by atoms with van der Waals surface area (Å²) in [5.74, 6) is 1.40. The lowest BCUT2D eigenvalue weighted by Crippen LogP contribution is -2.17. The Balaban J connectivity index is 1.89. The summed E-state index contributed by atoms with van der Waals surface area (Å²) in [4.78, 5) is 12.0. The van der Waals surface area contributed by atoms with Gasteiger partial charge in [0, 0.05) is 17.1 Å². The SMILES string of the molecule is Cc1cc(C)n(-c2nc(NC[C@@H](C)O)c3c4c(sc3n2)CCCC4)n1. The van der Waals surface area contributed by atoms with Crippen molar-refractivity contribution >= 4 is 27.4 Å². The fraction of sp³-hybridized carbons (Fsp3) is 0.500. The summed E-state index contributed by atoms with van der Waals surface area (Å²) in [5.41, 5.74) is 3.35. The summed E-state index contributed by atoms with van der Waals surface area (Å²) in [6, 6.07) is 2.02. The van der Waals surface area contributed by atoms with Gasteiger partial charge in [-0.15, -0.1) is 11.3 Å². The van der Waals surface area contributed by atoms with Crippen molar-refractivity contribution in [1.82, 2.24) is 19.7 Å². The van der Waals surface area contributed by atoms with Gasteiger partial charge in [0.15, 0.2) is 0 Å². The molecule has 0 fully saturated rings. The number of aryl methyl sites for hydroxylation is 4. The van der Waals surface area contributed by atoms with E-state index in [1.54, 1.807) is 22.9 Å². The molecular weight excluding hydrogens is 334 g/mol.